The van der Waals surface area contributed by atoms with Crippen molar-refractivity contribution in [1.29, 1.82) is 0 Å². The highest BCUT2D eigenvalue weighted by Crippen LogP contribution is 2.31. The van der Waals surface area contributed by atoms with Crippen molar-refractivity contribution >= 4 is 17.3 Å². The third-order valence-corrected chi connectivity index (χ3v) is 3.95. The van der Waals surface area contributed by atoms with Crippen molar-refractivity contribution < 1.29 is 4.79 Å². The van der Waals surface area contributed by atoms with Crippen LogP contribution < -0.4 is 15.5 Å². The Bertz CT molecular complexity index is 462. The number of carbonyl (C=O) groups is 1. The molecule has 1 aromatic rings. The van der Waals surface area contributed by atoms with Gasteiger partial charge in [0, 0.05) is 20.1 Å². The molecule has 2 fully saturated rings. The van der Waals surface area contributed by atoms with E-state index in [2.05, 4.69) is 26.6 Å². The maximum atomic E-state index is 11.7. The number of carbonyl (C=O) groups excluding carboxylic acids is 1. The van der Waals surface area contributed by atoms with Gasteiger partial charge in [-0.2, -0.15) is 0 Å². The average Bonchev–Trinajstić information content (AvgIpc) is 2.81. The molecule has 2 aliphatic rings. The van der Waals surface area contributed by atoms with E-state index >= 15 is 0 Å². The van der Waals surface area contributed by atoms with Gasteiger partial charge in [-0.05, 0) is 18.9 Å². The van der Waals surface area contributed by atoms with Crippen LogP contribution >= 0.6 is 0 Å². The van der Waals surface area contributed by atoms with Gasteiger partial charge in [0.2, 0.25) is 5.91 Å². The number of aromatic nitrogens is 1. The van der Waals surface area contributed by atoms with E-state index in [0.29, 0.717) is 6.04 Å². The number of piperidine rings is 1. The fourth-order valence-electron chi connectivity index (χ4n) is 2.99. The van der Waals surface area contributed by atoms with Crippen LogP contribution in [0.4, 0.5) is 11.4 Å². The Morgan fingerprint density at radius 3 is 3.22 bits per heavy atom. The molecule has 0 saturated carbocycles. The van der Waals surface area contributed by atoms with Gasteiger partial charge in [-0.3, -0.25) is 9.78 Å². The number of fused-ring (bicyclic) bond motifs is 1. The number of nitrogens with one attached hydrogen (secondary N) is 2. The summed E-state index contributed by atoms with van der Waals surface area (Å²) in [5.41, 5.74) is 2.11. The van der Waals surface area contributed by atoms with Gasteiger partial charge in [0.15, 0.2) is 0 Å². The van der Waals surface area contributed by atoms with Crippen molar-refractivity contribution in [1.82, 2.24) is 10.3 Å². The van der Waals surface area contributed by atoms with Crippen molar-refractivity contribution in [2.45, 2.75) is 18.9 Å². The fraction of sp³-hybridized carbons (Fsp3) is 0.538. The molecule has 0 bridgehead atoms. The Hall–Kier alpha value is -1.78. The molecule has 2 atom stereocenters. The van der Waals surface area contributed by atoms with E-state index in [1.807, 2.05) is 19.4 Å². The lowest BCUT2D eigenvalue weighted by Gasteiger charge is -2.37. The first-order valence-corrected chi connectivity index (χ1v) is 6.47. The van der Waals surface area contributed by atoms with E-state index in [4.69, 9.17) is 0 Å². The van der Waals surface area contributed by atoms with Gasteiger partial charge in [-0.1, -0.05) is 0 Å². The third kappa shape index (κ3) is 1.79. The molecular weight excluding hydrogens is 228 g/mol. The zero-order valence-corrected chi connectivity index (χ0v) is 10.5. The number of anilines is 2. The van der Waals surface area contributed by atoms with Gasteiger partial charge in [-0.25, -0.2) is 0 Å². The van der Waals surface area contributed by atoms with Crippen LogP contribution in [0.1, 0.15) is 12.8 Å². The van der Waals surface area contributed by atoms with E-state index in [0.717, 1.165) is 37.3 Å². The highest BCUT2D eigenvalue weighted by molar-refractivity contribution is 5.83. The van der Waals surface area contributed by atoms with E-state index in [9.17, 15) is 4.79 Å². The minimum Gasteiger partial charge on any atom is -0.387 e. The van der Waals surface area contributed by atoms with Gasteiger partial charge in [0.25, 0.3) is 0 Å². The van der Waals surface area contributed by atoms with Crippen LogP contribution in [0.3, 0.4) is 0 Å². The van der Waals surface area contributed by atoms with Crippen LogP contribution in [0.5, 0.6) is 0 Å². The van der Waals surface area contributed by atoms with Crippen molar-refractivity contribution in [3.05, 3.63) is 18.5 Å². The number of hydrogen-bond donors (Lipinski definition) is 2. The van der Waals surface area contributed by atoms with E-state index in [1.54, 1.807) is 0 Å². The highest BCUT2D eigenvalue weighted by Gasteiger charge is 2.40. The van der Waals surface area contributed by atoms with Gasteiger partial charge in [0.05, 0.1) is 35.7 Å². The number of rotatable bonds is 2. The minimum atomic E-state index is 0.150. The molecule has 5 nitrogen and oxygen atoms in total. The fourth-order valence-corrected chi connectivity index (χ4v) is 2.99. The number of amides is 1. The third-order valence-electron chi connectivity index (χ3n) is 3.95. The maximum Gasteiger partial charge on any atom is 0.225 e. The molecule has 0 spiro atoms. The van der Waals surface area contributed by atoms with Crippen molar-refractivity contribution in [2.75, 3.05) is 30.4 Å². The molecule has 2 unspecified atom stereocenters. The summed E-state index contributed by atoms with van der Waals surface area (Å²) in [7, 11) is 1.89. The highest BCUT2D eigenvalue weighted by atomic mass is 16.2. The monoisotopic (exact) mass is 246 g/mol. The van der Waals surface area contributed by atoms with Gasteiger partial charge in [0.1, 0.15) is 0 Å². The lowest BCUT2D eigenvalue weighted by atomic mass is 9.91. The summed E-state index contributed by atoms with van der Waals surface area (Å²) in [4.78, 5) is 18.3. The largest absolute Gasteiger partial charge is 0.387 e. The summed E-state index contributed by atoms with van der Waals surface area (Å²) in [5, 5.41) is 6.08. The summed E-state index contributed by atoms with van der Waals surface area (Å²) in [5.74, 6) is 0.361. The smallest absolute Gasteiger partial charge is 0.225 e. The molecule has 1 aromatic heterocycles. The molecule has 2 saturated heterocycles. The molecular formula is C13H18N4O. The molecule has 5 heteroatoms. The SMILES string of the molecule is CNc1cncc(N2CCCC3C(=O)NCC32)c1. The Balaban J connectivity index is 1.88. The summed E-state index contributed by atoms with van der Waals surface area (Å²) < 4.78 is 0. The predicted octanol–water partition coefficient (Wildman–Crippen LogP) is 0.838. The van der Waals surface area contributed by atoms with Crippen molar-refractivity contribution in [2.24, 2.45) is 5.92 Å². The van der Waals surface area contributed by atoms with Crippen LogP contribution in [0, 0.1) is 5.92 Å². The molecule has 2 aliphatic heterocycles. The minimum absolute atomic E-state index is 0.150. The van der Waals surface area contributed by atoms with Crippen molar-refractivity contribution in [3.8, 4) is 0 Å². The van der Waals surface area contributed by atoms with E-state index < -0.39 is 0 Å². The standard InChI is InChI=1S/C13H18N4O/c1-14-9-5-10(7-15-6-9)17-4-2-3-11-12(17)8-16-13(11)18/h5-7,11-12,14H,2-4,8H2,1H3,(H,16,18). The summed E-state index contributed by atoms with van der Waals surface area (Å²) in [6.07, 6.45) is 5.76. The molecule has 3 rings (SSSR count). The Labute approximate surface area is 107 Å². The first-order valence-electron chi connectivity index (χ1n) is 6.47. The predicted molar refractivity (Wildman–Crippen MR) is 70.7 cm³/mol. The lowest BCUT2D eigenvalue weighted by molar-refractivity contribution is -0.122. The molecule has 3 heterocycles. The van der Waals surface area contributed by atoms with Crippen LogP contribution in [0.15, 0.2) is 18.5 Å². The zero-order chi connectivity index (χ0) is 12.5. The van der Waals surface area contributed by atoms with Crippen LogP contribution in [-0.4, -0.2) is 37.1 Å². The first kappa shape index (κ1) is 11.3. The second-order valence-electron chi connectivity index (χ2n) is 4.94. The van der Waals surface area contributed by atoms with Gasteiger partial charge >= 0.3 is 0 Å². The summed E-state index contributed by atoms with van der Waals surface area (Å²) in [6.45, 7) is 1.76. The number of pyridine rings is 1. The van der Waals surface area contributed by atoms with Crippen molar-refractivity contribution in [3.63, 3.8) is 0 Å². The maximum absolute atomic E-state index is 11.7. The normalized spacial score (nSPS) is 26.7. The Morgan fingerprint density at radius 1 is 1.50 bits per heavy atom. The van der Waals surface area contributed by atoms with Crippen LogP contribution in [-0.2, 0) is 4.79 Å². The Morgan fingerprint density at radius 2 is 2.39 bits per heavy atom. The van der Waals surface area contributed by atoms with E-state index in [-0.39, 0.29) is 11.8 Å². The molecule has 0 aromatic carbocycles. The van der Waals surface area contributed by atoms with Gasteiger partial charge < -0.3 is 15.5 Å². The van der Waals surface area contributed by atoms with Crippen LogP contribution in [0.25, 0.3) is 0 Å². The summed E-state index contributed by atoms with van der Waals surface area (Å²) >= 11 is 0. The molecule has 96 valence electrons. The average molecular weight is 246 g/mol. The first-order chi connectivity index (χ1) is 8.79. The van der Waals surface area contributed by atoms with E-state index in [1.165, 1.54) is 0 Å². The number of nitrogens with zero attached hydrogens (tertiary/aromatic N) is 2. The molecule has 2 N–H and O–H groups in total. The second kappa shape index (κ2) is 4.48. The zero-order valence-electron chi connectivity index (χ0n) is 10.5. The topological polar surface area (TPSA) is 57.3 Å². The molecule has 1 amide bonds. The quantitative estimate of drug-likeness (QED) is 0.812. The Kier molecular flexibility index (Phi) is 2.81. The molecule has 18 heavy (non-hydrogen) atoms. The van der Waals surface area contributed by atoms with Crippen LogP contribution in [0.2, 0.25) is 0 Å². The second-order valence-corrected chi connectivity index (χ2v) is 4.94. The summed E-state index contributed by atoms with van der Waals surface area (Å²) in [6, 6.07) is 2.39. The lowest BCUT2D eigenvalue weighted by Crippen LogP contribution is -2.45. The molecule has 0 aliphatic carbocycles. The molecule has 0 radical (unpaired) electrons. The van der Waals surface area contributed by atoms with Gasteiger partial charge in [-0.15, -0.1) is 0 Å². The number of hydrogen-bond acceptors (Lipinski definition) is 4.